The molecular formula is C19H17F3N4O2. The summed E-state index contributed by atoms with van der Waals surface area (Å²) in [6.07, 6.45) is 0.339. The molecule has 2 amide bonds. The molecule has 28 heavy (non-hydrogen) atoms. The third-order valence-corrected chi connectivity index (χ3v) is 4.30. The molecule has 1 aromatic carbocycles. The first-order valence-corrected chi connectivity index (χ1v) is 8.53. The fourth-order valence-corrected chi connectivity index (χ4v) is 2.77. The molecule has 146 valence electrons. The van der Waals surface area contributed by atoms with E-state index < -0.39 is 17.6 Å². The van der Waals surface area contributed by atoms with Crippen molar-refractivity contribution in [2.75, 3.05) is 13.1 Å². The fourth-order valence-electron chi connectivity index (χ4n) is 2.77. The highest BCUT2D eigenvalue weighted by Crippen LogP contribution is 2.29. The molecule has 1 aliphatic rings. The van der Waals surface area contributed by atoms with Crippen LogP contribution in [0.1, 0.15) is 22.4 Å². The van der Waals surface area contributed by atoms with Crippen molar-refractivity contribution in [3.63, 3.8) is 0 Å². The second-order valence-corrected chi connectivity index (χ2v) is 6.24. The van der Waals surface area contributed by atoms with E-state index in [9.17, 15) is 22.8 Å². The van der Waals surface area contributed by atoms with Crippen molar-refractivity contribution in [2.24, 2.45) is 0 Å². The second-order valence-electron chi connectivity index (χ2n) is 6.24. The molecule has 3 rings (SSSR count). The summed E-state index contributed by atoms with van der Waals surface area (Å²) < 4.78 is 37.6. The molecule has 0 atom stereocenters. The summed E-state index contributed by atoms with van der Waals surface area (Å²) >= 11 is 0. The molecule has 1 N–H and O–H groups in total. The van der Waals surface area contributed by atoms with Crippen LogP contribution in [0.3, 0.4) is 0 Å². The van der Waals surface area contributed by atoms with E-state index in [1.165, 1.54) is 24.3 Å². The van der Waals surface area contributed by atoms with E-state index in [0.29, 0.717) is 25.1 Å². The summed E-state index contributed by atoms with van der Waals surface area (Å²) in [5.41, 5.74) is 1.50. The minimum absolute atomic E-state index is 0.163. The van der Waals surface area contributed by atoms with Crippen LogP contribution in [-0.2, 0) is 28.7 Å². The smallest absolute Gasteiger partial charge is 0.343 e. The van der Waals surface area contributed by atoms with Crippen molar-refractivity contribution in [3.05, 3.63) is 65.0 Å². The van der Waals surface area contributed by atoms with Gasteiger partial charge in [-0.1, -0.05) is 12.1 Å². The number of rotatable bonds is 4. The monoisotopic (exact) mass is 390 g/mol. The van der Waals surface area contributed by atoms with Gasteiger partial charge >= 0.3 is 6.18 Å². The molecule has 2 heterocycles. The van der Waals surface area contributed by atoms with Crippen LogP contribution in [0.4, 0.5) is 13.2 Å². The number of hydrogen-bond acceptors (Lipinski definition) is 4. The van der Waals surface area contributed by atoms with E-state index in [0.717, 1.165) is 23.4 Å². The number of carbonyl (C=O) groups is 2. The lowest BCUT2D eigenvalue weighted by Crippen LogP contribution is -2.42. The van der Waals surface area contributed by atoms with Gasteiger partial charge in [-0.15, -0.1) is 0 Å². The Labute approximate surface area is 159 Å². The summed E-state index contributed by atoms with van der Waals surface area (Å²) in [5.74, 6) is -0.727. The predicted octanol–water partition coefficient (Wildman–Crippen LogP) is 2.21. The minimum Gasteiger partial charge on any atom is -0.343 e. The Hall–Kier alpha value is -3.23. The van der Waals surface area contributed by atoms with Gasteiger partial charge in [0.15, 0.2) is 0 Å². The van der Waals surface area contributed by atoms with Gasteiger partial charge in [0, 0.05) is 31.8 Å². The molecule has 1 aliphatic heterocycles. The third-order valence-electron chi connectivity index (χ3n) is 4.30. The zero-order valence-electron chi connectivity index (χ0n) is 14.7. The van der Waals surface area contributed by atoms with E-state index >= 15 is 0 Å². The number of halogens is 3. The van der Waals surface area contributed by atoms with Crippen LogP contribution in [0.2, 0.25) is 0 Å². The van der Waals surface area contributed by atoms with Crippen molar-refractivity contribution in [2.45, 2.75) is 19.1 Å². The van der Waals surface area contributed by atoms with Gasteiger partial charge in [-0.2, -0.15) is 23.4 Å². The van der Waals surface area contributed by atoms with Crippen molar-refractivity contribution < 1.29 is 22.8 Å². The number of nitrogens with zero attached hydrogens (tertiary/aromatic N) is 3. The first-order valence-electron chi connectivity index (χ1n) is 8.53. The van der Waals surface area contributed by atoms with E-state index in [4.69, 9.17) is 0 Å². The number of benzene rings is 1. The zero-order valence-corrected chi connectivity index (χ0v) is 14.7. The molecule has 0 saturated carbocycles. The molecule has 2 aromatic rings. The Kier molecular flexibility index (Phi) is 5.72. The highest BCUT2D eigenvalue weighted by molar-refractivity contribution is 5.94. The maximum absolute atomic E-state index is 12.5. The molecule has 0 unspecified atom stereocenters. The molecule has 1 aromatic heterocycles. The molecule has 0 radical (unpaired) electrons. The molecule has 0 saturated heterocycles. The second kappa shape index (κ2) is 8.20. The number of nitrogens with one attached hydrogen (secondary N) is 1. The van der Waals surface area contributed by atoms with Crippen LogP contribution in [-0.4, -0.2) is 40.0 Å². The van der Waals surface area contributed by atoms with Crippen LogP contribution in [0, 0.1) is 0 Å². The quantitative estimate of drug-likeness (QED) is 0.813. The lowest BCUT2D eigenvalue weighted by Gasteiger charge is -2.27. The third kappa shape index (κ3) is 4.93. The van der Waals surface area contributed by atoms with Crippen molar-refractivity contribution in [3.8, 4) is 0 Å². The Morgan fingerprint density at radius 2 is 1.93 bits per heavy atom. The molecule has 0 fully saturated rings. The van der Waals surface area contributed by atoms with Crippen molar-refractivity contribution in [1.29, 1.82) is 0 Å². The number of fused-ring (bicyclic) bond motifs is 1. The number of aromatic nitrogens is 2. The summed E-state index contributed by atoms with van der Waals surface area (Å²) in [5, 5.41) is 10.3. The first-order chi connectivity index (χ1) is 13.3. The van der Waals surface area contributed by atoms with Gasteiger partial charge in [-0.25, -0.2) is 0 Å². The van der Waals surface area contributed by atoms with Gasteiger partial charge in [0.25, 0.3) is 0 Å². The molecule has 0 bridgehead atoms. The van der Waals surface area contributed by atoms with Crippen LogP contribution in [0.15, 0.2) is 42.6 Å². The summed E-state index contributed by atoms with van der Waals surface area (Å²) in [7, 11) is 0. The number of alkyl halides is 3. The summed E-state index contributed by atoms with van der Waals surface area (Å²) in [6, 6.07) is 6.24. The highest BCUT2D eigenvalue weighted by Gasteiger charge is 2.29. The summed E-state index contributed by atoms with van der Waals surface area (Å²) in [4.78, 5) is 25.8. The Bertz CT molecular complexity index is 895. The standard InChI is InChI=1S/C19H17F3N4O2/c20-19(21,22)15-4-1-13(2-5-15)3-6-17(27)23-11-18(28)26-10-8-16-14(12-26)7-9-24-25-16/h1-7,9H,8,10-12H2,(H,23,27)/b6-3+. The Balaban J connectivity index is 1.49. The van der Waals surface area contributed by atoms with Crippen LogP contribution < -0.4 is 5.32 Å². The normalized spacial score (nSPS) is 14.0. The molecule has 0 aliphatic carbocycles. The minimum atomic E-state index is -4.40. The van der Waals surface area contributed by atoms with Crippen molar-refractivity contribution >= 4 is 17.9 Å². The lowest BCUT2D eigenvalue weighted by molar-refractivity contribution is -0.137. The highest BCUT2D eigenvalue weighted by atomic mass is 19.4. The van der Waals surface area contributed by atoms with Crippen LogP contribution in [0.25, 0.3) is 6.08 Å². The van der Waals surface area contributed by atoms with Crippen molar-refractivity contribution in [1.82, 2.24) is 20.4 Å². The predicted molar refractivity (Wildman–Crippen MR) is 94.6 cm³/mol. The first kappa shape index (κ1) is 19.5. The Morgan fingerprint density at radius 3 is 2.64 bits per heavy atom. The average Bonchev–Trinajstić information content (AvgIpc) is 2.69. The van der Waals surface area contributed by atoms with Gasteiger partial charge in [0.2, 0.25) is 11.8 Å². The SMILES string of the molecule is O=C(/C=C/c1ccc(C(F)(F)F)cc1)NCC(=O)N1CCc2nnccc2C1. The summed E-state index contributed by atoms with van der Waals surface area (Å²) in [6.45, 7) is 0.757. The molecule has 9 heteroatoms. The van der Waals surface area contributed by atoms with Gasteiger partial charge in [-0.05, 0) is 35.4 Å². The maximum atomic E-state index is 12.5. The largest absolute Gasteiger partial charge is 0.416 e. The number of hydrogen-bond donors (Lipinski definition) is 1. The van der Waals surface area contributed by atoms with Crippen LogP contribution >= 0.6 is 0 Å². The molecule has 0 spiro atoms. The van der Waals surface area contributed by atoms with E-state index in [1.54, 1.807) is 11.1 Å². The number of carbonyl (C=O) groups excluding carboxylic acids is 2. The zero-order chi connectivity index (χ0) is 20.1. The van der Waals surface area contributed by atoms with E-state index in [-0.39, 0.29) is 12.5 Å². The van der Waals surface area contributed by atoms with Gasteiger partial charge in [-0.3, -0.25) is 9.59 Å². The molecular weight excluding hydrogens is 373 g/mol. The number of amides is 2. The maximum Gasteiger partial charge on any atom is 0.416 e. The van der Waals surface area contributed by atoms with Gasteiger partial charge in [0.1, 0.15) is 0 Å². The van der Waals surface area contributed by atoms with Gasteiger partial charge in [0.05, 0.1) is 17.8 Å². The topological polar surface area (TPSA) is 75.2 Å². The lowest BCUT2D eigenvalue weighted by atomic mass is 10.1. The fraction of sp³-hybridized carbons (Fsp3) is 0.263. The average molecular weight is 390 g/mol. The van der Waals surface area contributed by atoms with Gasteiger partial charge < -0.3 is 10.2 Å². The van der Waals surface area contributed by atoms with E-state index in [2.05, 4.69) is 15.5 Å². The van der Waals surface area contributed by atoms with Crippen LogP contribution in [0.5, 0.6) is 0 Å². The van der Waals surface area contributed by atoms with E-state index in [1.807, 2.05) is 6.07 Å². The Morgan fingerprint density at radius 1 is 1.18 bits per heavy atom. The molecule has 6 nitrogen and oxygen atoms in total.